The van der Waals surface area contributed by atoms with E-state index < -0.39 is 0 Å². The molecule has 0 aliphatic heterocycles. The third-order valence-corrected chi connectivity index (χ3v) is 2.71. The molecule has 16 heavy (non-hydrogen) atoms. The third-order valence-electron chi connectivity index (χ3n) is 2.71. The molecule has 0 saturated heterocycles. The van der Waals surface area contributed by atoms with E-state index in [0.717, 1.165) is 18.8 Å². The zero-order chi connectivity index (χ0) is 12.0. The lowest BCUT2D eigenvalue weighted by atomic mass is 10.2. The monoisotopic (exact) mass is 223 g/mol. The maximum absolute atomic E-state index is 11.9. The predicted molar refractivity (Wildman–Crippen MR) is 65.0 cm³/mol. The van der Waals surface area contributed by atoms with Crippen LogP contribution in [0.1, 0.15) is 26.5 Å². The van der Waals surface area contributed by atoms with Gasteiger partial charge in [0.25, 0.3) is 0 Å². The fraction of sp³-hybridized carbons (Fsp3) is 0.583. The Labute approximate surface area is 97.0 Å². The van der Waals surface area contributed by atoms with Crippen molar-refractivity contribution in [2.24, 2.45) is 0 Å². The number of carbonyl (C=O) groups is 1. The Hall–Kier alpha value is -1.29. The van der Waals surface area contributed by atoms with Crippen molar-refractivity contribution < 1.29 is 4.79 Å². The minimum absolute atomic E-state index is 0.136. The van der Waals surface area contributed by atoms with Gasteiger partial charge in [0.05, 0.1) is 6.04 Å². The number of likely N-dealkylation sites (N-methyl/N-ethyl adjacent to an activating group) is 1. The Bertz CT molecular complexity index is 304. The number of carbonyl (C=O) groups excluding carboxylic acids is 1. The number of H-pyrrole nitrogens is 1. The Morgan fingerprint density at radius 2 is 2.19 bits per heavy atom. The third kappa shape index (κ3) is 3.38. The lowest BCUT2D eigenvalue weighted by Crippen LogP contribution is -2.44. The van der Waals surface area contributed by atoms with E-state index in [0.29, 0.717) is 6.54 Å². The molecule has 0 fully saturated rings. The Morgan fingerprint density at radius 3 is 2.69 bits per heavy atom. The Balaban J connectivity index is 2.39. The number of aromatic amines is 1. The molecule has 90 valence electrons. The van der Waals surface area contributed by atoms with Crippen molar-refractivity contribution in [3.63, 3.8) is 0 Å². The van der Waals surface area contributed by atoms with E-state index in [9.17, 15) is 4.79 Å². The molecule has 0 bridgehead atoms. The van der Waals surface area contributed by atoms with Gasteiger partial charge in [-0.2, -0.15) is 0 Å². The maximum atomic E-state index is 11.9. The van der Waals surface area contributed by atoms with Crippen molar-refractivity contribution in [2.75, 3.05) is 13.1 Å². The largest absolute Gasteiger partial charge is 0.364 e. The van der Waals surface area contributed by atoms with E-state index >= 15 is 0 Å². The fourth-order valence-corrected chi connectivity index (χ4v) is 1.64. The molecule has 0 aliphatic carbocycles. The van der Waals surface area contributed by atoms with Gasteiger partial charge in [-0.3, -0.25) is 4.79 Å². The van der Waals surface area contributed by atoms with Gasteiger partial charge >= 0.3 is 0 Å². The van der Waals surface area contributed by atoms with Gasteiger partial charge in [-0.15, -0.1) is 0 Å². The molecule has 0 saturated carbocycles. The van der Waals surface area contributed by atoms with Crippen LogP contribution in [0.3, 0.4) is 0 Å². The Morgan fingerprint density at radius 1 is 1.50 bits per heavy atom. The highest BCUT2D eigenvalue weighted by molar-refractivity contribution is 5.81. The van der Waals surface area contributed by atoms with E-state index in [1.807, 2.05) is 44.0 Å². The molecule has 1 aromatic heterocycles. The van der Waals surface area contributed by atoms with E-state index in [1.54, 1.807) is 0 Å². The first kappa shape index (κ1) is 12.8. The minimum atomic E-state index is -0.136. The van der Waals surface area contributed by atoms with E-state index in [-0.39, 0.29) is 11.9 Å². The standard InChI is InChI=1S/C12H21N3O/c1-4-15(5-2)12(16)10(3)14-9-11-7-6-8-13-11/h6-8,10,13-14H,4-5,9H2,1-3H3. The summed E-state index contributed by atoms with van der Waals surface area (Å²) in [6.45, 7) is 8.14. The second kappa shape index (κ2) is 6.33. The first-order valence-electron chi connectivity index (χ1n) is 5.83. The summed E-state index contributed by atoms with van der Waals surface area (Å²) in [5, 5.41) is 3.21. The van der Waals surface area contributed by atoms with Gasteiger partial charge in [0.1, 0.15) is 0 Å². The molecule has 1 rings (SSSR count). The van der Waals surface area contributed by atoms with Crippen LogP contribution in [0.2, 0.25) is 0 Å². The zero-order valence-electron chi connectivity index (χ0n) is 10.3. The summed E-state index contributed by atoms with van der Waals surface area (Å²) in [5.41, 5.74) is 1.10. The first-order valence-corrected chi connectivity index (χ1v) is 5.83. The van der Waals surface area contributed by atoms with Crippen molar-refractivity contribution in [1.82, 2.24) is 15.2 Å². The summed E-state index contributed by atoms with van der Waals surface area (Å²) in [7, 11) is 0. The van der Waals surface area contributed by atoms with Gasteiger partial charge in [0.15, 0.2) is 0 Å². The lowest BCUT2D eigenvalue weighted by molar-refractivity contribution is -0.132. The number of nitrogens with zero attached hydrogens (tertiary/aromatic N) is 1. The van der Waals surface area contributed by atoms with Crippen molar-refractivity contribution in [3.05, 3.63) is 24.0 Å². The molecular formula is C12H21N3O. The SMILES string of the molecule is CCN(CC)C(=O)C(C)NCc1ccc[nH]1. The molecule has 1 unspecified atom stereocenters. The van der Waals surface area contributed by atoms with Crippen LogP contribution in [0.5, 0.6) is 0 Å². The van der Waals surface area contributed by atoms with Crippen LogP contribution < -0.4 is 5.32 Å². The average Bonchev–Trinajstić information content (AvgIpc) is 2.80. The Kier molecular flexibility index (Phi) is 5.05. The zero-order valence-corrected chi connectivity index (χ0v) is 10.3. The van der Waals surface area contributed by atoms with Gasteiger partial charge in [-0.1, -0.05) is 0 Å². The van der Waals surface area contributed by atoms with Crippen molar-refractivity contribution in [2.45, 2.75) is 33.4 Å². The van der Waals surface area contributed by atoms with Crippen LogP contribution in [-0.4, -0.2) is 34.9 Å². The van der Waals surface area contributed by atoms with Gasteiger partial charge < -0.3 is 15.2 Å². The highest BCUT2D eigenvalue weighted by Crippen LogP contribution is 1.98. The van der Waals surface area contributed by atoms with Gasteiger partial charge in [0, 0.05) is 31.5 Å². The summed E-state index contributed by atoms with van der Waals surface area (Å²) in [4.78, 5) is 16.9. The summed E-state index contributed by atoms with van der Waals surface area (Å²) in [6.07, 6.45) is 1.88. The number of hydrogen-bond donors (Lipinski definition) is 2. The number of hydrogen-bond acceptors (Lipinski definition) is 2. The first-order chi connectivity index (χ1) is 7.69. The van der Waals surface area contributed by atoms with Crippen LogP contribution in [0.15, 0.2) is 18.3 Å². The van der Waals surface area contributed by atoms with Crippen LogP contribution in [0.4, 0.5) is 0 Å². The quantitative estimate of drug-likeness (QED) is 0.765. The van der Waals surface area contributed by atoms with Crippen molar-refractivity contribution >= 4 is 5.91 Å². The predicted octanol–water partition coefficient (Wildman–Crippen LogP) is 1.36. The molecule has 1 atom stereocenters. The number of amides is 1. The average molecular weight is 223 g/mol. The smallest absolute Gasteiger partial charge is 0.239 e. The highest BCUT2D eigenvalue weighted by Gasteiger charge is 2.17. The summed E-state index contributed by atoms with van der Waals surface area (Å²) in [5.74, 6) is 0.163. The summed E-state index contributed by atoms with van der Waals surface area (Å²) >= 11 is 0. The minimum Gasteiger partial charge on any atom is -0.364 e. The normalized spacial score (nSPS) is 12.4. The lowest BCUT2D eigenvalue weighted by Gasteiger charge is -2.23. The van der Waals surface area contributed by atoms with E-state index in [1.165, 1.54) is 0 Å². The molecule has 0 aliphatic rings. The summed E-state index contributed by atoms with van der Waals surface area (Å²) in [6, 6.07) is 3.82. The van der Waals surface area contributed by atoms with Crippen LogP contribution in [-0.2, 0) is 11.3 Å². The van der Waals surface area contributed by atoms with E-state index in [4.69, 9.17) is 0 Å². The number of nitrogens with one attached hydrogen (secondary N) is 2. The highest BCUT2D eigenvalue weighted by atomic mass is 16.2. The molecule has 1 amide bonds. The van der Waals surface area contributed by atoms with Gasteiger partial charge in [-0.25, -0.2) is 0 Å². The molecule has 0 radical (unpaired) electrons. The van der Waals surface area contributed by atoms with Crippen LogP contribution in [0, 0.1) is 0 Å². The van der Waals surface area contributed by atoms with Crippen molar-refractivity contribution in [1.29, 1.82) is 0 Å². The van der Waals surface area contributed by atoms with Crippen molar-refractivity contribution in [3.8, 4) is 0 Å². The molecule has 0 spiro atoms. The molecule has 0 aromatic carbocycles. The second-order valence-corrected chi connectivity index (χ2v) is 3.81. The fourth-order valence-electron chi connectivity index (χ4n) is 1.64. The second-order valence-electron chi connectivity index (χ2n) is 3.81. The topological polar surface area (TPSA) is 48.1 Å². The van der Waals surface area contributed by atoms with Gasteiger partial charge in [-0.05, 0) is 32.9 Å². The number of aromatic nitrogens is 1. The molecule has 4 nitrogen and oxygen atoms in total. The molecule has 1 heterocycles. The molecule has 4 heteroatoms. The van der Waals surface area contributed by atoms with E-state index in [2.05, 4.69) is 10.3 Å². The van der Waals surface area contributed by atoms with Gasteiger partial charge in [0.2, 0.25) is 5.91 Å². The molecule has 2 N–H and O–H groups in total. The van der Waals surface area contributed by atoms with Crippen LogP contribution >= 0.6 is 0 Å². The molecule has 1 aromatic rings. The maximum Gasteiger partial charge on any atom is 0.239 e. The van der Waals surface area contributed by atoms with Crippen LogP contribution in [0.25, 0.3) is 0 Å². The number of rotatable bonds is 6. The molecular weight excluding hydrogens is 202 g/mol. The summed E-state index contributed by atoms with van der Waals surface area (Å²) < 4.78 is 0.